The molecule has 4 nitrogen and oxygen atoms in total. The van der Waals surface area contributed by atoms with E-state index in [2.05, 4.69) is 41.4 Å². The molecule has 3 rings (SSSR count). The predicted molar refractivity (Wildman–Crippen MR) is 105 cm³/mol. The van der Waals surface area contributed by atoms with Gasteiger partial charge in [-0.15, -0.1) is 35.3 Å². The van der Waals surface area contributed by atoms with Crippen LogP contribution in [0.5, 0.6) is 0 Å². The van der Waals surface area contributed by atoms with Crippen molar-refractivity contribution in [1.82, 2.24) is 9.80 Å². The summed E-state index contributed by atoms with van der Waals surface area (Å²) in [5.41, 5.74) is 6.14. The lowest BCUT2D eigenvalue weighted by Gasteiger charge is -2.38. The van der Waals surface area contributed by atoms with Crippen LogP contribution in [0.15, 0.2) is 22.5 Å². The molecule has 1 saturated heterocycles. The molecule has 0 spiro atoms. The highest BCUT2D eigenvalue weighted by molar-refractivity contribution is 14.0. The first-order valence-electron chi connectivity index (χ1n) is 7.93. The number of nitrogens with two attached hydrogens (primary N) is 1. The number of guanidine groups is 1. The van der Waals surface area contributed by atoms with Gasteiger partial charge >= 0.3 is 0 Å². The Morgan fingerprint density at radius 1 is 1.45 bits per heavy atom. The van der Waals surface area contributed by atoms with Gasteiger partial charge in [-0.2, -0.15) is 0 Å². The summed E-state index contributed by atoms with van der Waals surface area (Å²) in [5.74, 6) is 1.30. The Bertz CT molecular complexity index is 486. The number of hydrogen-bond donors (Lipinski definition) is 1. The Kier molecular flexibility index (Phi) is 6.52. The van der Waals surface area contributed by atoms with E-state index in [1.807, 2.05) is 11.3 Å². The molecule has 2 aliphatic rings. The molecule has 2 N–H and O–H groups in total. The van der Waals surface area contributed by atoms with Crippen molar-refractivity contribution in [1.29, 1.82) is 0 Å². The molecule has 2 atom stereocenters. The van der Waals surface area contributed by atoms with Crippen molar-refractivity contribution in [3.8, 4) is 0 Å². The zero-order valence-corrected chi connectivity index (χ0v) is 16.6. The SMILES string of the molecule is CN1CCCC(CN=C(N)N(C)C2CC2)C1c1cccs1.I. The molecular weight excluding hydrogens is 407 g/mol. The van der Waals surface area contributed by atoms with Crippen LogP contribution in [0.1, 0.15) is 36.6 Å². The number of halogens is 1. The summed E-state index contributed by atoms with van der Waals surface area (Å²) in [6.45, 7) is 2.02. The second kappa shape index (κ2) is 7.97. The fraction of sp³-hybridized carbons (Fsp3) is 0.688. The van der Waals surface area contributed by atoms with E-state index in [1.165, 1.54) is 37.1 Å². The van der Waals surface area contributed by atoms with Crippen LogP contribution in [0.2, 0.25) is 0 Å². The fourth-order valence-corrected chi connectivity index (χ4v) is 4.31. The van der Waals surface area contributed by atoms with Crippen LogP contribution in [0.3, 0.4) is 0 Å². The van der Waals surface area contributed by atoms with Gasteiger partial charge in [-0.25, -0.2) is 0 Å². The molecular formula is C16H27IN4S. The van der Waals surface area contributed by atoms with Gasteiger partial charge in [-0.1, -0.05) is 6.07 Å². The Labute approximate surface area is 154 Å². The Balaban J connectivity index is 0.00000176. The van der Waals surface area contributed by atoms with Crippen LogP contribution in [-0.2, 0) is 0 Å². The van der Waals surface area contributed by atoms with Crippen molar-refractivity contribution in [3.63, 3.8) is 0 Å². The molecule has 2 fully saturated rings. The molecule has 1 aromatic rings. The van der Waals surface area contributed by atoms with Crippen LogP contribution in [0.25, 0.3) is 0 Å². The molecule has 0 radical (unpaired) electrons. The normalized spacial score (nSPS) is 26.5. The van der Waals surface area contributed by atoms with Gasteiger partial charge in [0.05, 0.1) is 0 Å². The van der Waals surface area contributed by atoms with E-state index in [0.29, 0.717) is 18.0 Å². The highest BCUT2D eigenvalue weighted by atomic mass is 127. The van der Waals surface area contributed by atoms with Crippen LogP contribution in [-0.4, -0.2) is 49.0 Å². The minimum absolute atomic E-state index is 0. The highest BCUT2D eigenvalue weighted by Gasteiger charge is 2.32. The second-order valence-electron chi connectivity index (χ2n) is 6.38. The number of rotatable bonds is 4. The van der Waals surface area contributed by atoms with Gasteiger partial charge in [0, 0.05) is 30.6 Å². The molecule has 0 aromatic carbocycles. The molecule has 6 heteroatoms. The number of aliphatic imine (C=N–C) groups is 1. The van der Waals surface area contributed by atoms with Crippen molar-refractivity contribution in [2.24, 2.45) is 16.6 Å². The first kappa shape index (κ1) is 18.0. The van der Waals surface area contributed by atoms with Crippen LogP contribution >= 0.6 is 35.3 Å². The van der Waals surface area contributed by atoms with E-state index in [1.54, 1.807) is 0 Å². The van der Waals surface area contributed by atoms with Gasteiger partial charge < -0.3 is 10.6 Å². The van der Waals surface area contributed by atoms with Crippen molar-refractivity contribution in [3.05, 3.63) is 22.4 Å². The van der Waals surface area contributed by atoms with Crippen LogP contribution in [0, 0.1) is 5.92 Å². The maximum atomic E-state index is 6.14. The molecule has 0 amide bonds. The quantitative estimate of drug-likeness (QED) is 0.450. The number of piperidine rings is 1. The van der Waals surface area contributed by atoms with E-state index >= 15 is 0 Å². The third kappa shape index (κ3) is 4.14. The molecule has 2 heterocycles. The maximum absolute atomic E-state index is 6.14. The minimum atomic E-state index is 0. The van der Waals surface area contributed by atoms with Gasteiger partial charge in [0.15, 0.2) is 5.96 Å². The molecule has 22 heavy (non-hydrogen) atoms. The lowest BCUT2D eigenvalue weighted by molar-refractivity contribution is 0.128. The van der Waals surface area contributed by atoms with Gasteiger partial charge in [-0.05, 0) is 56.6 Å². The molecule has 124 valence electrons. The second-order valence-corrected chi connectivity index (χ2v) is 7.36. The summed E-state index contributed by atoms with van der Waals surface area (Å²) >= 11 is 1.86. The van der Waals surface area contributed by atoms with Crippen LogP contribution < -0.4 is 5.73 Å². The number of nitrogens with zero attached hydrogens (tertiary/aromatic N) is 3. The lowest BCUT2D eigenvalue weighted by atomic mass is 9.88. The van der Waals surface area contributed by atoms with Crippen molar-refractivity contribution in [2.75, 3.05) is 27.2 Å². The fourth-order valence-electron chi connectivity index (χ4n) is 3.33. The predicted octanol–water partition coefficient (Wildman–Crippen LogP) is 3.16. The molecule has 0 bridgehead atoms. The summed E-state index contributed by atoms with van der Waals surface area (Å²) in [6, 6.07) is 5.54. The first-order chi connectivity index (χ1) is 10.2. The van der Waals surface area contributed by atoms with Crippen LogP contribution in [0.4, 0.5) is 0 Å². The molecule has 2 unspecified atom stereocenters. The Morgan fingerprint density at radius 3 is 2.86 bits per heavy atom. The van der Waals surface area contributed by atoms with E-state index in [-0.39, 0.29) is 24.0 Å². The number of likely N-dealkylation sites (tertiary alicyclic amines) is 1. The summed E-state index contributed by atoms with van der Waals surface area (Å²) in [5, 5.41) is 2.17. The van der Waals surface area contributed by atoms with Gasteiger partial charge in [0.25, 0.3) is 0 Å². The first-order valence-corrected chi connectivity index (χ1v) is 8.81. The van der Waals surface area contributed by atoms with Gasteiger partial charge in [-0.3, -0.25) is 9.89 Å². The summed E-state index contributed by atoms with van der Waals surface area (Å²) in [6.07, 6.45) is 5.03. The van der Waals surface area contributed by atoms with Crippen molar-refractivity contribution >= 4 is 41.3 Å². The average Bonchev–Trinajstić information content (AvgIpc) is 3.20. The molecule has 1 saturated carbocycles. The van der Waals surface area contributed by atoms with E-state index in [4.69, 9.17) is 10.7 Å². The maximum Gasteiger partial charge on any atom is 0.191 e. The van der Waals surface area contributed by atoms with Gasteiger partial charge in [0.1, 0.15) is 0 Å². The smallest absolute Gasteiger partial charge is 0.191 e. The highest BCUT2D eigenvalue weighted by Crippen LogP contribution is 2.37. The van der Waals surface area contributed by atoms with Gasteiger partial charge in [0.2, 0.25) is 0 Å². The lowest BCUT2D eigenvalue weighted by Crippen LogP contribution is -2.39. The standard InChI is InChI=1S/C16H26N4S.HI/c1-19-9-3-5-12(15(19)14-6-4-10-21-14)11-18-16(17)20(2)13-7-8-13;/h4,6,10,12-13,15H,3,5,7-9,11H2,1-2H3,(H2,17,18);1H. The molecule has 1 aromatic heterocycles. The third-order valence-corrected chi connectivity index (χ3v) is 5.73. The largest absolute Gasteiger partial charge is 0.370 e. The minimum Gasteiger partial charge on any atom is -0.370 e. The average molecular weight is 434 g/mol. The van der Waals surface area contributed by atoms with Crippen molar-refractivity contribution < 1.29 is 0 Å². The topological polar surface area (TPSA) is 44.9 Å². The van der Waals surface area contributed by atoms with Crippen molar-refractivity contribution in [2.45, 2.75) is 37.8 Å². The van der Waals surface area contributed by atoms with E-state index in [0.717, 1.165) is 12.5 Å². The Hall–Kier alpha value is -0.340. The Morgan fingerprint density at radius 2 is 2.23 bits per heavy atom. The van der Waals surface area contributed by atoms with E-state index < -0.39 is 0 Å². The number of hydrogen-bond acceptors (Lipinski definition) is 3. The zero-order chi connectivity index (χ0) is 14.8. The third-order valence-electron chi connectivity index (χ3n) is 4.79. The zero-order valence-electron chi connectivity index (χ0n) is 13.4. The monoisotopic (exact) mass is 434 g/mol. The summed E-state index contributed by atoms with van der Waals surface area (Å²) in [7, 11) is 4.31. The molecule has 1 aliphatic heterocycles. The molecule has 1 aliphatic carbocycles. The van der Waals surface area contributed by atoms with E-state index in [9.17, 15) is 0 Å². The summed E-state index contributed by atoms with van der Waals surface area (Å²) in [4.78, 5) is 10.8. The summed E-state index contributed by atoms with van der Waals surface area (Å²) < 4.78 is 0. The number of thiophene rings is 1.